The summed E-state index contributed by atoms with van der Waals surface area (Å²) in [7, 11) is 0. The molecule has 2 aliphatic heterocycles. The lowest BCUT2D eigenvalue weighted by atomic mass is 9.85. The smallest absolute Gasteiger partial charge is 0.328 e. The van der Waals surface area contributed by atoms with E-state index in [0.717, 1.165) is 25.4 Å². The van der Waals surface area contributed by atoms with Gasteiger partial charge in [-0.1, -0.05) is 0 Å². The van der Waals surface area contributed by atoms with E-state index >= 15 is 8.78 Å². The van der Waals surface area contributed by atoms with Crippen LogP contribution in [0.2, 0.25) is 0 Å². The topological polar surface area (TPSA) is 51.7 Å². The number of hydrogen-bond donors (Lipinski definition) is 1. The zero-order chi connectivity index (χ0) is 26.1. The summed E-state index contributed by atoms with van der Waals surface area (Å²) < 4.78 is 68.5. The maximum atomic E-state index is 15.0. The Bertz CT molecular complexity index is 878. The quantitative estimate of drug-likeness (QED) is 0.595. The number of rotatable bonds is 4. The Balaban J connectivity index is 1.35. The van der Waals surface area contributed by atoms with Crippen LogP contribution in [0.5, 0.6) is 0 Å². The van der Waals surface area contributed by atoms with Gasteiger partial charge in [0, 0.05) is 75.6 Å². The van der Waals surface area contributed by atoms with Crippen molar-refractivity contribution in [3.8, 4) is 0 Å². The summed E-state index contributed by atoms with van der Waals surface area (Å²) in [4.78, 5) is 23.0. The van der Waals surface area contributed by atoms with Crippen molar-refractivity contribution in [2.75, 3.05) is 39.3 Å². The standard InChI is InChI=1S/C25H36F5N5O/c1-17(2)33-12-14-34(15-13-33)21-4-3-9-24(26,27)22(21)32-23(36)35-10-7-18(8-11-35)20-6-5-19(16-31-20)25(28,29)30/h5-6,16-18,21-22H,3-4,7-15H2,1-2H3,(H,32,36)/t21?,22-/m1/s1. The van der Waals surface area contributed by atoms with Gasteiger partial charge in [0.25, 0.3) is 5.92 Å². The van der Waals surface area contributed by atoms with E-state index in [-0.39, 0.29) is 12.3 Å². The second kappa shape index (κ2) is 10.8. The van der Waals surface area contributed by atoms with Crippen molar-refractivity contribution in [1.29, 1.82) is 0 Å². The van der Waals surface area contributed by atoms with E-state index in [9.17, 15) is 18.0 Å². The molecule has 2 atom stereocenters. The second-order valence-electron chi connectivity index (χ2n) is 10.5. The minimum Gasteiger partial charge on any atom is -0.328 e. The average molecular weight is 518 g/mol. The fourth-order valence-corrected chi connectivity index (χ4v) is 5.75. The monoisotopic (exact) mass is 517 g/mol. The number of hydrogen-bond acceptors (Lipinski definition) is 4. The van der Waals surface area contributed by atoms with Gasteiger partial charge in [-0.3, -0.25) is 14.8 Å². The number of likely N-dealkylation sites (tertiary alicyclic amines) is 1. The van der Waals surface area contributed by atoms with Crippen LogP contribution in [0.15, 0.2) is 18.3 Å². The van der Waals surface area contributed by atoms with Crippen molar-refractivity contribution in [2.45, 2.75) is 82.1 Å². The number of piperazine rings is 1. The van der Waals surface area contributed by atoms with Crippen molar-refractivity contribution in [3.63, 3.8) is 0 Å². The first-order valence-electron chi connectivity index (χ1n) is 12.9. The molecule has 2 amide bonds. The second-order valence-corrected chi connectivity index (χ2v) is 10.5. The third-order valence-corrected chi connectivity index (χ3v) is 7.99. The molecule has 1 unspecified atom stereocenters. The number of urea groups is 1. The van der Waals surface area contributed by atoms with Gasteiger partial charge in [-0.25, -0.2) is 13.6 Å². The molecule has 1 aromatic rings. The molecule has 3 aliphatic rings. The Labute approximate surface area is 209 Å². The molecule has 0 radical (unpaired) electrons. The van der Waals surface area contributed by atoms with Gasteiger partial charge in [-0.15, -0.1) is 0 Å². The zero-order valence-electron chi connectivity index (χ0n) is 20.9. The molecule has 36 heavy (non-hydrogen) atoms. The van der Waals surface area contributed by atoms with E-state index in [1.54, 1.807) is 4.90 Å². The van der Waals surface area contributed by atoms with Crippen molar-refractivity contribution < 1.29 is 26.7 Å². The number of carbonyl (C=O) groups is 1. The van der Waals surface area contributed by atoms with Gasteiger partial charge in [0.05, 0.1) is 5.56 Å². The normalized spacial score (nSPS) is 26.8. The van der Waals surface area contributed by atoms with Crippen LogP contribution in [0.25, 0.3) is 0 Å². The number of aromatic nitrogens is 1. The van der Waals surface area contributed by atoms with Gasteiger partial charge >= 0.3 is 12.2 Å². The number of amides is 2. The molecule has 0 spiro atoms. The third-order valence-electron chi connectivity index (χ3n) is 7.99. The highest BCUT2D eigenvalue weighted by atomic mass is 19.4. The van der Waals surface area contributed by atoms with Crippen LogP contribution in [0.4, 0.5) is 26.7 Å². The summed E-state index contributed by atoms with van der Waals surface area (Å²) in [6, 6.07) is 0.685. The van der Waals surface area contributed by atoms with E-state index in [1.165, 1.54) is 6.07 Å². The van der Waals surface area contributed by atoms with Gasteiger partial charge in [-0.05, 0) is 51.7 Å². The number of pyridine rings is 1. The first kappa shape index (κ1) is 27.0. The number of alkyl halides is 5. The summed E-state index contributed by atoms with van der Waals surface area (Å²) in [6.45, 7) is 8.00. The Kier molecular flexibility index (Phi) is 8.09. The predicted molar refractivity (Wildman–Crippen MR) is 126 cm³/mol. The molecule has 11 heteroatoms. The molecule has 6 nitrogen and oxygen atoms in total. The Hall–Kier alpha value is -2.01. The average Bonchev–Trinajstić information content (AvgIpc) is 2.85. The lowest BCUT2D eigenvalue weighted by molar-refractivity contribution is -0.137. The molecule has 3 heterocycles. The highest BCUT2D eigenvalue weighted by Gasteiger charge is 2.50. The van der Waals surface area contributed by atoms with Crippen molar-refractivity contribution in [3.05, 3.63) is 29.6 Å². The maximum absolute atomic E-state index is 15.0. The van der Waals surface area contributed by atoms with Crippen LogP contribution >= 0.6 is 0 Å². The van der Waals surface area contributed by atoms with Gasteiger partial charge in [0.2, 0.25) is 0 Å². The van der Waals surface area contributed by atoms with E-state index in [2.05, 4.69) is 33.9 Å². The summed E-state index contributed by atoms with van der Waals surface area (Å²) in [5.74, 6) is -3.05. The summed E-state index contributed by atoms with van der Waals surface area (Å²) in [5, 5.41) is 2.68. The van der Waals surface area contributed by atoms with Gasteiger partial charge in [-0.2, -0.15) is 13.2 Å². The fraction of sp³-hybridized carbons (Fsp3) is 0.760. The molecule has 1 aliphatic carbocycles. The minimum absolute atomic E-state index is 0.0718. The molecular formula is C25H36F5N5O. The van der Waals surface area contributed by atoms with E-state index in [4.69, 9.17) is 0 Å². The Morgan fingerprint density at radius 1 is 1.06 bits per heavy atom. The van der Waals surface area contributed by atoms with Crippen LogP contribution in [-0.4, -0.2) is 89.0 Å². The van der Waals surface area contributed by atoms with Crippen LogP contribution < -0.4 is 5.32 Å². The fourth-order valence-electron chi connectivity index (χ4n) is 5.75. The maximum Gasteiger partial charge on any atom is 0.417 e. The van der Waals surface area contributed by atoms with Gasteiger partial charge in [0.15, 0.2) is 0 Å². The Morgan fingerprint density at radius 3 is 2.28 bits per heavy atom. The van der Waals surface area contributed by atoms with Crippen molar-refractivity contribution in [1.82, 2.24) is 25.0 Å². The summed E-state index contributed by atoms with van der Waals surface area (Å²) in [6.07, 6.45) is -1.73. The molecule has 3 fully saturated rings. The number of halogens is 5. The molecule has 1 saturated carbocycles. The molecule has 4 rings (SSSR count). The summed E-state index contributed by atoms with van der Waals surface area (Å²) >= 11 is 0. The Morgan fingerprint density at radius 2 is 1.72 bits per heavy atom. The molecule has 202 valence electrons. The van der Waals surface area contributed by atoms with Gasteiger partial charge < -0.3 is 10.2 Å². The summed E-state index contributed by atoms with van der Waals surface area (Å²) in [5.41, 5.74) is -0.237. The minimum atomic E-state index is -4.44. The first-order chi connectivity index (χ1) is 17.0. The van der Waals surface area contributed by atoms with Crippen LogP contribution in [0.3, 0.4) is 0 Å². The highest BCUT2D eigenvalue weighted by Crippen LogP contribution is 2.37. The van der Waals surface area contributed by atoms with Crippen LogP contribution in [-0.2, 0) is 6.18 Å². The number of carbonyl (C=O) groups excluding carboxylic acids is 1. The zero-order valence-corrected chi connectivity index (χ0v) is 20.9. The predicted octanol–water partition coefficient (Wildman–Crippen LogP) is 4.57. The lowest BCUT2D eigenvalue weighted by Gasteiger charge is -2.47. The SMILES string of the molecule is CC(C)N1CCN(C2CCCC(F)(F)[C@@H]2NC(=O)N2CCC(c3ccc(C(F)(F)F)cn3)CC2)CC1. The van der Waals surface area contributed by atoms with E-state index in [1.807, 2.05) is 0 Å². The largest absolute Gasteiger partial charge is 0.417 e. The van der Waals surface area contributed by atoms with Crippen molar-refractivity contribution >= 4 is 6.03 Å². The van der Waals surface area contributed by atoms with E-state index in [0.29, 0.717) is 63.6 Å². The van der Waals surface area contributed by atoms with Crippen LogP contribution in [0, 0.1) is 0 Å². The molecule has 1 N–H and O–H groups in total. The van der Waals surface area contributed by atoms with Crippen LogP contribution in [0.1, 0.15) is 63.1 Å². The molecular weight excluding hydrogens is 481 g/mol. The first-order valence-corrected chi connectivity index (χ1v) is 12.9. The van der Waals surface area contributed by atoms with Crippen molar-refractivity contribution in [2.24, 2.45) is 0 Å². The lowest BCUT2D eigenvalue weighted by Crippen LogP contribution is -2.66. The van der Waals surface area contributed by atoms with Gasteiger partial charge in [0.1, 0.15) is 6.04 Å². The number of piperidine rings is 1. The number of nitrogens with zero attached hydrogens (tertiary/aromatic N) is 4. The molecule has 0 bridgehead atoms. The molecule has 0 aromatic carbocycles. The molecule has 1 aromatic heterocycles. The third kappa shape index (κ3) is 6.10. The highest BCUT2D eigenvalue weighted by molar-refractivity contribution is 5.75. The number of nitrogens with one attached hydrogen (secondary N) is 1. The van der Waals surface area contributed by atoms with E-state index < -0.39 is 35.8 Å². The molecule has 2 saturated heterocycles.